The molecular formula is C22H21N3O2S. The first-order chi connectivity index (χ1) is 13.5. The first kappa shape index (κ1) is 18.5. The highest BCUT2D eigenvalue weighted by molar-refractivity contribution is 8.00. The summed E-state index contributed by atoms with van der Waals surface area (Å²) in [6, 6.07) is 15.6. The summed E-state index contributed by atoms with van der Waals surface area (Å²) in [5, 5.41) is 0.518. The van der Waals surface area contributed by atoms with Crippen LogP contribution in [-0.2, 0) is 11.2 Å². The van der Waals surface area contributed by atoms with Gasteiger partial charge in [0, 0.05) is 42.8 Å². The van der Waals surface area contributed by atoms with Crippen molar-refractivity contribution in [1.29, 1.82) is 0 Å². The SMILES string of the molecule is CC(=O)N1CCc2cc(C(=O)C(C)Sc3nccn3-c3ccccc3)ccc21. The molecule has 2 heterocycles. The van der Waals surface area contributed by atoms with Gasteiger partial charge in [0.15, 0.2) is 10.9 Å². The van der Waals surface area contributed by atoms with Crippen molar-refractivity contribution in [2.24, 2.45) is 0 Å². The maximum Gasteiger partial charge on any atom is 0.223 e. The number of anilines is 1. The molecule has 0 spiro atoms. The van der Waals surface area contributed by atoms with Crippen molar-refractivity contribution in [3.63, 3.8) is 0 Å². The molecule has 1 aliphatic rings. The van der Waals surface area contributed by atoms with Crippen LogP contribution in [0, 0.1) is 0 Å². The van der Waals surface area contributed by atoms with E-state index in [9.17, 15) is 9.59 Å². The molecule has 142 valence electrons. The number of amides is 1. The highest BCUT2D eigenvalue weighted by Gasteiger charge is 2.25. The van der Waals surface area contributed by atoms with Gasteiger partial charge < -0.3 is 4.90 Å². The fourth-order valence-corrected chi connectivity index (χ4v) is 4.45. The number of Topliss-reactive ketones (excluding diaryl/α,β-unsaturated/α-hetero) is 1. The molecule has 0 saturated carbocycles. The number of hydrogen-bond acceptors (Lipinski definition) is 4. The number of benzene rings is 2. The largest absolute Gasteiger partial charge is 0.312 e. The van der Waals surface area contributed by atoms with E-state index in [-0.39, 0.29) is 16.9 Å². The normalized spacial score (nSPS) is 14.0. The zero-order valence-corrected chi connectivity index (χ0v) is 16.6. The lowest BCUT2D eigenvalue weighted by atomic mass is 10.0. The fourth-order valence-electron chi connectivity index (χ4n) is 3.49. The third-order valence-corrected chi connectivity index (χ3v) is 6.01. The van der Waals surface area contributed by atoms with Gasteiger partial charge in [0.1, 0.15) is 0 Å². The summed E-state index contributed by atoms with van der Waals surface area (Å²) in [4.78, 5) is 30.9. The zero-order chi connectivity index (χ0) is 19.7. The highest BCUT2D eigenvalue weighted by atomic mass is 32.2. The summed E-state index contributed by atoms with van der Waals surface area (Å²) in [6.07, 6.45) is 4.44. The van der Waals surface area contributed by atoms with Crippen LogP contribution in [0.1, 0.15) is 29.8 Å². The third kappa shape index (κ3) is 3.47. The lowest BCUT2D eigenvalue weighted by molar-refractivity contribution is -0.116. The van der Waals surface area contributed by atoms with Gasteiger partial charge in [0.2, 0.25) is 5.91 Å². The summed E-state index contributed by atoms with van der Waals surface area (Å²) in [7, 11) is 0. The van der Waals surface area contributed by atoms with Crippen molar-refractivity contribution < 1.29 is 9.59 Å². The molecule has 3 aromatic rings. The molecule has 0 bridgehead atoms. The molecule has 5 nitrogen and oxygen atoms in total. The topological polar surface area (TPSA) is 55.2 Å². The van der Waals surface area contributed by atoms with E-state index in [1.165, 1.54) is 11.8 Å². The van der Waals surface area contributed by atoms with E-state index in [2.05, 4.69) is 4.98 Å². The van der Waals surface area contributed by atoms with Crippen molar-refractivity contribution in [3.8, 4) is 5.69 Å². The first-order valence-electron chi connectivity index (χ1n) is 9.25. The number of carbonyl (C=O) groups is 2. The summed E-state index contributed by atoms with van der Waals surface area (Å²) in [6.45, 7) is 4.16. The molecule has 0 saturated heterocycles. The number of para-hydroxylation sites is 1. The fraction of sp³-hybridized carbons (Fsp3) is 0.227. The maximum absolute atomic E-state index is 13.0. The molecule has 0 fully saturated rings. The molecular weight excluding hydrogens is 370 g/mol. The predicted octanol–water partition coefficient (Wildman–Crippen LogP) is 4.14. The van der Waals surface area contributed by atoms with E-state index in [0.717, 1.165) is 28.5 Å². The minimum Gasteiger partial charge on any atom is -0.312 e. The van der Waals surface area contributed by atoms with Crippen molar-refractivity contribution in [2.45, 2.75) is 30.7 Å². The quantitative estimate of drug-likeness (QED) is 0.484. The van der Waals surface area contributed by atoms with Gasteiger partial charge in [0.25, 0.3) is 0 Å². The van der Waals surface area contributed by atoms with E-state index in [1.807, 2.05) is 66.2 Å². The first-order valence-corrected chi connectivity index (χ1v) is 10.1. The lowest BCUT2D eigenvalue weighted by Crippen LogP contribution is -2.25. The molecule has 4 rings (SSSR count). The molecule has 0 N–H and O–H groups in total. The van der Waals surface area contributed by atoms with E-state index in [4.69, 9.17) is 0 Å². The lowest BCUT2D eigenvalue weighted by Gasteiger charge is -2.15. The van der Waals surface area contributed by atoms with Crippen LogP contribution in [0.5, 0.6) is 0 Å². The Morgan fingerprint density at radius 2 is 1.93 bits per heavy atom. The molecule has 28 heavy (non-hydrogen) atoms. The second-order valence-corrected chi connectivity index (χ2v) is 8.11. The third-order valence-electron chi connectivity index (χ3n) is 4.93. The molecule has 2 aromatic carbocycles. The summed E-state index contributed by atoms with van der Waals surface area (Å²) in [5.41, 5.74) is 3.68. The van der Waals surface area contributed by atoms with Crippen LogP contribution < -0.4 is 4.90 Å². The van der Waals surface area contributed by atoms with Gasteiger partial charge in [-0.1, -0.05) is 30.0 Å². The molecule has 0 radical (unpaired) electrons. The Bertz CT molecular complexity index is 1030. The Labute approximate surface area is 168 Å². The summed E-state index contributed by atoms with van der Waals surface area (Å²) >= 11 is 1.45. The van der Waals surface area contributed by atoms with Crippen molar-refractivity contribution in [1.82, 2.24) is 9.55 Å². The second-order valence-electron chi connectivity index (χ2n) is 6.80. The van der Waals surface area contributed by atoms with E-state index in [0.29, 0.717) is 12.1 Å². The average Bonchev–Trinajstić information content (AvgIpc) is 3.34. The number of hydrogen-bond donors (Lipinski definition) is 0. The van der Waals surface area contributed by atoms with Crippen LogP contribution in [-0.4, -0.2) is 33.0 Å². The number of fused-ring (bicyclic) bond motifs is 1. The molecule has 1 unspecified atom stereocenters. The number of rotatable bonds is 5. The van der Waals surface area contributed by atoms with Crippen LogP contribution in [0.4, 0.5) is 5.69 Å². The number of nitrogens with zero attached hydrogens (tertiary/aromatic N) is 3. The number of carbonyl (C=O) groups excluding carboxylic acids is 2. The second kappa shape index (κ2) is 7.64. The average molecular weight is 391 g/mol. The highest BCUT2D eigenvalue weighted by Crippen LogP contribution is 2.31. The van der Waals surface area contributed by atoms with E-state index >= 15 is 0 Å². The summed E-state index contributed by atoms with van der Waals surface area (Å²) in [5.74, 6) is 0.103. The monoisotopic (exact) mass is 391 g/mol. The van der Waals surface area contributed by atoms with Crippen LogP contribution in [0.3, 0.4) is 0 Å². The number of thioether (sulfide) groups is 1. The Kier molecular flexibility index (Phi) is 5.05. The van der Waals surface area contributed by atoms with E-state index < -0.39 is 0 Å². The predicted molar refractivity (Wildman–Crippen MR) is 111 cm³/mol. The van der Waals surface area contributed by atoms with Crippen LogP contribution in [0.2, 0.25) is 0 Å². The van der Waals surface area contributed by atoms with Gasteiger partial charge >= 0.3 is 0 Å². The molecule has 1 aromatic heterocycles. The van der Waals surface area contributed by atoms with Gasteiger partial charge in [-0.3, -0.25) is 14.2 Å². The van der Waals surface area contributed by atoms with Crippen molar-refractivity contribution in [3.05, 3.63) is 72.1 Å². The molecule has 0 aliphatic carbocycles. The van der Waals surface area contributed by atoms with Crippen LogP contribution >= 0.6 is 11.8 Å². The number of aromatic nitrogens is 2. The van der Waals surface area contributed by atoms with Gasteiger partial charge in [-0.05, 0) is 49.2 Å². The van der Waals surface area contributed by atoms with Crippen LogP contribution in [0.15, 0.2) is 66.1 Å². The van der Waals surface area contributed by atoms with Crippen LogP contribution in [0.25, 0.3) is 5.69 Å². The summed E-state index contributed by atoms with van der Waals surface area (Å²) < 4.78 is 1.99. The molecule has 1 aliphatic heterocycles. The minimum absolute atomic E-state index is 0.0366. The van der Waals surface area contributed by atoms with Gasteiger partial charge in [-0.15, -0.1) is 0 Å². The standard InChI is InChI=1S/C22H21N3O2S/c1-15(28-22-23-11-13-25(22)19-6-4-3-5-7-19)21(27)18-8-9-20-17(14-18)10-12-24(20)16(2)26/h3-9,11,13-15H,10,12H2,1-2H3. The molecule has 6 heteroatoms. The molecule has 1 amide bonds. The number of imidazole rings is 1. The minimum atomic E-state index is -0.270. The van der Waals surface area contributed by atoms with Gasteiger partial charge in [-0.2, -0.15) is 0 Å². The molecule has 1 atom stereocenters. The number of ketones is 1. The van der Waals surface area contributed by atoms with Crippen molar-refractivity contribution >= 4 is 29.1 Å². The Morgan fingerprint density at radius 1 is 1.14 bits per heavy atom. The Morgan fingerprint density at radius 3 is 2.68 bits per heavy atom. The maximum atomic E-state index is 13.0. The Hall–Kier alpha value is -2.86. The van der Waals surface area contributed by atoms with Crippen molar-refractivity contribution in [2.75, 3.05) is 11.4 Å². The smallest absolute Gasteiger partial charge is 0.223 e. The Balaban J connectivity index is 1.53. The van der Waals surface area contributed by atoms with Gasteiger partial charge in [-0.25, -0.2) is 4.98 Å². The van der Waals surface area contributed by atoms with Gasteiger partial charge in [0.05, 0.1) is 5.25 Å². The zero-order valence-electron chi connectivity index (χ0n) is 15.8. The van der Waals surface area contributed by atoms with E-state index in [1.54, 1.807) is 18.0 Å².